The standard InChI is InChI=1S/C10H21B6N5/c1-4-5(11)6(20-8(17-4)18-7(12)19-20)21(9(2,13)14)10(3,15)16/h11-16H2,1-3H3. The molecule has 104 valence electrons. The molecular formula is C10H21B6N5. The summed E-state index contributed by atoms with van der Waals surface area (Å²) in [6, 6.07) is 0. The van der Waals surface area contributed by atoms with Crippen LogP contribution in [0.4, 0.5) is 5.82 Å². The Bertz CT molecular complexity index is 672. The first-order chi connectivity index (χ1) is 9.43. The number of aromatic nitrogens is 4. The van der Waals surface area contributed by atoms with Crippen molar-refractivity contribution in [2.24, 2.45) is 0 Å². The van der Waals surface area contributed by atoms with E-state index in [1.165, 1.54) is 0 Å². The Kier molecular flexibility index (Phi) is 3.75. The van der Waals surface area contributed by atoms with Gasteiger partial charge in [-0.25, -0.2) is 9.97 Å². The molecule has 2 aromatic rings. The Morgan fingerprint density at radius 3 is 2.00 bits per heavy atom. The topological polar surface area (TPSA) is 46.3 Å². The van der Waals surface area contributed by atoms with Crippen molar-refractivity contribution in [2.75, 3.05) is 4.90 Å². The fourth-order valence-electron chi connectivity index (χ4n) is 3.08. The Hall–Kier alpha value is -1.26. The van der Waals surface area contributed by atoms with Crippen LogP contribution in [0.1, 0.15) is 19.5 Å². The predicted molar refractivity (Wildman–Crippen MR) is 105 cm³/mol. The van der Waals surface area contributed by atoms with E-state index in [4.69, 9.17) is 0 Å². The number of hydrogen-bond acceptors (Lipinski definition) is 4. The summed E-state index contributed by atoms with van der Waals surface area (Å²) in [5.74, 6) is 1.75. The number of aryl methyl sites for hydroxylation is 1. The minimum absolute atomic E-state index is 0.0381. The minimum atomic E-state index is -0.0381. The van der Waals surface area contributed by atoms with Crippen molar-refractivity contribution in [3.05, 3.63) is 5.69 Å². The lowest BCUT2D eigenvalue weighted by Crippen LogP contribution is -2.62. The van der Waals surface area contributed by atoms with Crippen molar-refractivity contribution in [2.45, 2.75) is 31.4 Å². The van der Waals surface area contributed by atoms with E-state index in [1.807, 2.05) is 19.3 Å². The van der Waals surface area contributed by atoms with Crippen molar-refractivity contribution in [1.29, 1.82) is 0 Å². The molecule has 0 atom stereocenters. The van der Waals surface area contributed by atoms with Gasteiger partial charge in [0.2, 0.25) is 0 Å². The fraction of sp³-hybridized carbons (Fsp3) is 0.500. The first kappa shape index (κ1) is 16.1. The smallest absolute Gasteiger partial charge is 0.253 e. The molecule has 0 saturated heterocycles. The monoisotopic (exact) mass is 277 g/mol. The van der Waals surface area contributed by atoms with E-state index in [0.29, 0.717) is 5.78 Å². The molecule has 5 nitrogen and oxygen atoms in total. The number of rotatable bonds is 3. The van der Waals surface area contributed by atoms with Gasteiger partial charge in [0.25, 0.3) is 5.78 Å². The summed E-state index contributed by atoms with van der Waals surface area (Å²) in [7, 11) is 12.9. The highest BCUT2D eigenvalue weighted by molar-refractivity contribution is 6.48. The van der Waals surface area contributed by atoms with Gasteiger partial charge in [0.15, 0.2) is 7.85 Å². The van der Waals surface area contributed by atoms with E-state index in [0.717, 1.165) is 22.7 Å². The molecule has 0 N–H and O–H groups in total. The molecule has 2 rings (SSSR count). The lowest BCUT2D eigenvalue weighted by Gasteiger charge is -2.49. The summed E-state index contributed by atoms with van der Waals surface area (Å²) >= 11 is 0. The Balaban J connectivity index is 2.88. The van der Waals surface area contributed by atoms with Gasteiger partial charge in [0.05, 0.1) is 0 Å². The molecule has 2 aromatic heterocycles. The van der Waals surface area contributed by atoms with Crippen LogP contribution in [0.3, 0.4) is 0 Å². The van der Waals surface area contributed by atoms with Crippen molar-refractivity contribution in [1.82, 2.24) is 19.6 Å². The maximum Gasteiger partial charge on any atom is 0.253 e. The van der Waals surface area contributed by atoms with E-state index < -0.39 is 0 Å². The Morgan fingerprint density at radius 2 is 1.52 bits per heavy atom. The molecule has 0 aliphatic rings. The average molecular weight is 276 g/mol. The molecule has 0 amide bonds. The van der Waals surface area contributed by atoms with Crippen LogP contribution in [0.25, 0.3) is 5.78 Å². The fourth-order valence-corrected chi connectivity index (χ4v) is 3.08. The molecule has 0 saturated carbocycles. The lowest BCUT2D eigenvalue weighted by atomic mass is 9.54. The molecule has 2 heterocycles. The van der Waals surface area contributed by atoms with Gasteiger partial charge in [-0.05, 0) is 23.1 Å². The SMILES string of the molecule is Bc1nc2nc(C)c(B)c(N(C(B)(B)C)C(B)(B)C)n2n1. The number of fused-ring (bicyclic) bond motifs is 1. The molecular weight excluding hydrogens is 255 g/mol. The second-order valence-electron chi connectivity index (χ2n) is 7.69. The van der Waals surface area contributed by atoms with Gasteiger partial charge in [0, 0.05) is 5.69 Å². The lowest BCUT2D eigenvalue weighted by molar-refractivity contribution is 0.653. The van der Waals surface area contributed by atoms with E-state index in [-0.39, 0.29) is 10.7 Å². The van der Waals surface area contributed by atoms with Crippen molar-refractivity contribution >= 4 is 69.9 Å². The van der Waals surface area contributed by atoms with Crippen LogP contribution in [-0.2, 0) is 0 Å². The zero-order chi connectivity index (χ0) is 16.2. The van der Waals surface area contributed by atoms with Crippen LogP contribution >= 0.6 is 0 Å². The Morgan fingerprint density at radius 1 is 1.00 bits per heavy atom. The molecule has 0 aliphatic heterocycles. The van der Waals surface area contributed by atoms with Crippen molar-refractivity contribution in [3.8, 4) is 0 Å². The van der Waals surface area contributed by atoms with E-state index in [1.54, 1.807) is 0 Å². The van der Waals surface area contributed by atoms with E-state index >= 15 is 0 Å². The summed E-state index contributed by atoms with van der Waals surface area (Å²) in [6.45, 7) is 6.48. The van der Waals surface area contributed by atoms with Gasteiger partial charge >= 0.3 is 0 Å². The maximum absolute atomic E-state index is 4.57. The molecule has 0 bridgehead atoms. The minimum Gasteiger partial charge on any atom is -0.378 e. The summed E-state index contributed by atoms with van der Waals surface area (Å²) < 4.78 is 1.88. The second-order valence-corrected chi connectivity index (χ2v) is 7.69. The molecule has 0 fully saturated rings. The van der Waals surface area contributed by atoms with Gasteiger partial charge in [-0.1, -0.05) is 13.8 Å². The van der Waals surface area contributed by atoms with Crippen LogP contribution in [0.5, 0.6) is 0 Å². The molecule has 0 radical (unpaired) electrons. The number of hydrogen-bond donors (Lipinski definition) is 0. The average Bonchev–Trinajstić information content (AvgIpc) is 2.61. The van der Waals surface area contributed by atoms with E-state index in [2.05, 4.69) is 73.0 Å². The van der Waals surface area contributed by atoms with Gasteiger partial charge in [-0.15, -0.1) is 0 Å². The van der Waals surface area contributed by atoms with Gasteiger partial charge in [-0.2, -0.15) is 9.61 Å². The molecule has 0 spiro atoms. The molecule has 0 aliphatic carbocycles. The molecule has 11 heteroatoms. The molecule has 0 aromatic carbocycles. The first-order valence-electron chi connectivity index (χ1n) is 7.44. The largest absolute Gasteiger partial charge is 0.378 e. The van der Waals surface area contributed by atoms with Gasteiger partial charge in [-0.3, -0.25) is 0 Å². The predicted octanol–water partition coefficient (Wildman–Crippen LogP) is -6.36. The highest BCUT2D eigenvalue weighted by atomic mass is 15.4. The van der Waals surface area contributed by atoms with Crippen LogP contribution < -0.4 is 16.1 Å². The maximum atomic E-state index is 4.57. The number of nitrogens with zero attached hydrogens (tertiary/aromatic N) is 5. The number of anilines is 1. The van der Waals surface area contributed by atoms with Crippen LogP contribution in [0.15, 0.2) is 0 Å². The van der Waals surface area contributed by atoms with Crippen LogP contribution in [0, 0.1) is 6.92 Å². The summed E-state index contributed by atoms with van der Waals surface area (Å²) in [5, 5.41) is 4.49. The zero-order valence-corrected chi connectivity index (χ0v) is 14.7. The molecule has 0 unspecified atom stereocenters. The summed E-state index contributed by atoms with van der Waals surface area (Å²) in [4.78, 5) is 11.4. The zero-order valence-electron chi connectivity index (χ0n) is 14.7. The Labute approximate surface area is 132 Å². The third kappa shape index (κ3) is 2.87. The van der Waals surface area contributed by atoms with Gasteiger partial charge in [0.1, 0.15) is 50.8 Å². The summed E-state index contributed by atoms with van der Waals surface area (Å²) in [6.07, 6.45) is 0. The summed E-state index contributed by atoms with van der Waals surface area (Å²) in [5.41, 5.74) is 2.90. The normalized spacial score (nSPS) is 12.7. The van der Waals surface area contributed by atoms with Crippen LogP contribution in [0.2, 0.25) is 0 Å². The third-order valence-electron chi connectivity index (χ3n) is 3.60. The second kappa shape index (κ2) is 4.89. The van der Waals surface area contributed by atoms with Crippen LogP contribution in [-0.4, -0.2) is 77.3 Å². The quantitative estimate of drug-likeness (QED) is 0.523. The third-order valence-corrected chi connectivity index (χ3v) is 3.60. The molecule has 21 heavy (non-hydrogen) atoms. The van der Waals surface area contributed by atoms with Crippen molar-refractivity contribution < 1.29 is 0 Å². The highest BCUT2D eigenvalue weighted by Crippen LogP contribution is 2.25. The highest BCUT2D eigenvalue weighted by Gasteiger charge is 2.34. The van der Waals surface area contributed by atoms with E-state index in [9.17, 15) is 0 Å². The van der Waals surface area contributed by atoms with Crippen molar-refractivity contribution in [3.63, 3.8) is 0 Å². The van der Waals surface area contributed by atoms with Gasteiger partial charge < -0.3 is 4.90 Å². The first-order valence-corrected chi connectivity index (χ1v) is 7.44.